The van der Waals surface area contributed by atoms with E-state index < -0.39 is 11.2 Å². The van der Waals surface area contributed by atoms with Gasteiger partial charge in [-0.15, -0.1) is 0 Å². The van der Waals surface area contributed by atoms with Gasteiger partial charge in [0.2, 0.25) is 0 Å². The topological polar surface area (TPSA) is 29.5 Å². The van der Waals surface area contributed by atoms with Crippen LogP contribution in [0.15, 0.2) is 11.1 Å². The van der Waals surface area contributed by atoms with Crippen molar-refractivity contribution in [1.82, 2.24) is 0 Å². The molecule has 0 heterocycles. The third-order valence-corrected chi connectivity index (χ3v) is 3.84. The van der Waals surface area contributed by atoms with E-state index in [1.165, 1.54) is 0 Å². The summed E-state index contributed by atoms with van der Waals surface area (Å²) in [5, 5.41) is 10.5. The lowest BCUT2D eigenvalue weighted by Gasteiger charge is -2.51. The second kappa shape index (κ2) is 4.61. The highest BCUT2D eigenvalue weighted by atomic mass is 16.5. The number of ether oxygens (including phenoxy) is 1. The van der Waals surface area contributed by atoms with Gasteiger partial charge in [0.15, 0.2) is 5.60 Å². The van der Waals surface area contributed by atoms with Crippen molar-refractivity contribution in [2.24, 2.45) is 0 Å². The molecule has 16 heavy (non-hydrogen) atoms. The molecule has 0 aromatic heterocycles. The summed E-state index contributed by atoms with van der Waals surface area (Å²) < 4.78 is 5.42. The fourth-order valence-electron chi connectivity index (χ4n) is 2.17. The van der Waals surface area contributed by atoms with Gasteiger partial charge in [-0.3, -0.25) is 0 Å². The van der Waals surface area contributed by atoms with Gasteiger partial charge < -0.3 is 9.84 Å². The minimum Gasteiger partial charge on any atom is -0.371 e. The Labute approximate surface area is 98.7 Å². The number of aliphatic hydroxyl groups is 1. The molecular formula is C14H22O2. The van der Waals surface area contributed by atoms with E-state index in [0.717, 1.165) is 30.4 Å². The van der Waals surface area contributed by atoms with Crippen LogP contribution in [0.3, 0.4) is 0 Å². The van der Waals surface area contributed by atoms with Gasteiger partial charge in [0, 0.05) is 13.5 Å². The van der Waals surface area contributed by atoms with E-state index in [9.17, 15) is 5.11 Å². The van der Waals surface area contributed by atoms with Crippen LogP contribution in [-0.4, -0.2) is 23.4 Å². The molecule has 0 unspecified atom stereocenters. The second-order valence-corrected chi connectivity index (χ2v) is 4.60. The summed E-state index contributed by atoms with van der Waals surface area (Å²) in [7, 11) is 1.62. The zero-order chi connectivity index (χ0) is 12.4. The molecule has 0 aromatic carbocycles. The molecule has 1 rings (SSSR count). The van der Waals surface area contributed by atoms with Gasteiger partial charge >= 0.3 is 0 Å². The number of unbranched alkanes of at least 4 members (excludes halogenated alkanes) is 2. The first-order valence-electron chi connectivity index (χ1n) is 5.90. The standard InChI is InChI=1S/C14H22O2/c1-6-7-8-9-10-14(15)12(3)11(2)13(14,4)16-5/h15H,6-8H2,1-5H3/t13-,14+/m0/s1. The maximum absolute atomic E-state index is 10.5. The summed E-state index contributed by atoms with van der Waals surface area (Å²) >= 11 is 0. The normalized spacial score (nSPS) is 33.1. The summed E-state index contributed by atoms with van der Waals surface area (Å²) in [6.07, 6.45) is 3.04. The molecule has 0 fully saturated rings. The Morgan fingerprint density at radius 2 is 1.94 bits per heavy atom. The molecule has 0 bridgehead atoms. The zero-order valence-corrected chi connectivity index (χ0v) is 11.0. The molecule has 0 saturated carbocycles. The van der Waals surface area contributed by atoms with Crippen molar-refractivity contribution in [3.63, 3.8) is 0 Å². The quantitative estimate of drug-likeness (QED) is 0.452. The molecule has 2 nitrogen and oxygen atoms in total. The minimum absolute atomic E-state index is 0.643. The van der Waals surface area contributed by atoms with Crippen molar-refractivity contribution in [2.45, 2.75) is 58.2 Å². The molecule has 1 aliphatic carbocycles. The zero-order valence-electron chi connectivity index (χ0n) is 11.0. The van der Waals surface area contributed by atoms with E-state index in [0.29, 0.717) is 0 Å². The molecule has 90 valence electrons. The predicted molar refractivity (Wildman–Crippen MR) is 66.0 cm³/mol. The van der Waals surface area contributed by atoms with Gasteiger partial charge in [-0.1, -0.05) is 25.2 Å². The molecule has 1 aliphatic rings. The molecule has 0 aromatic rings. The van der Waals surface area contributed by atoms with Crippen molar-refractivity contribution in [2.75, 3.05) is 7.11 Å². The van der Waals surface area contributed by atoms with Gasteiger partial charge in [0.05, 0.1) is 0 Å². The number of hydrogen-bond donors (Lipinski definition) is 1. The van der Waals surface area contributed by atoms with Crippen LogP contribution in [0.5, 0.6) is 0 Å². The first kappa shape index (κ1) is 13.3. The van der Waals surface area contributed by atoms with Crippen LogP contribution in [0.25, 0.3) is 0 Å². The van der Waals surface area contributed by atoms with Gasteiger partial charge in [0.1, 0.15) is 5.60 Å². The molecule has 0 saturated heterocycles. The van der Waals surface area contributed by atoms with Crippen LogP contribution in [-0.2, 0) is 4.74 Å². The van der Waals surface area contributed by atoms with Crippen LogP contribution >= 0.6 is 0 Å². The molecule has 0 amide bonds. The second-order valence-electron chi connectivity index (χ2n) is 4.60. The fraction of sp³-hybridized carbons (Fsp3) is 0.714. The molecule has 2 atom stereocenters. The van der Waals surface area contributed by atoms with Gasteiger partial charge in [-0.05, 0) is 38.3 Å². The van der Waals surface area contributed by atoms with Crippen LogP contribution in [0.4, 0.5) is 0 Å². The molecule has 1 N–H and O–H groups in total. The highest BCUT2D eigenvalue weighted by Gasteiger charge is 2.58. The van der Waals surface area contributed by atoms with E-state index >= 15 is 0 Å². The molecule has 0 radical (unpaired) electrons. The van der Waals surface area contributed by atoms with Crippen LogP contribution in [0.1, 0.15) is 47.0 Å². The minimum atomic E-state index is -1.10. The molecular weight excluding hydrogens is 200 g/mol. The van der Waals surface area contributed by atoms with E-state index in [2.05, 4.69) is 18.8 Å². The fourth-order valence-corrected chi connectivity index (χ4v) is 2.17. The number of methoxy groups -OCH3 is 1. The largest absolute Gasteiger partial charge is 0.371 e. The van der Waals surface area contributed by atoms with Gasteiger partial charge in [-0.25, -0.2) is 0 Å². The lowest BCUT2D eigenvalue weighted by molar-refractivity contribution is -0.111. The van der Waals surface area contributed by atoms with E-state index in [-0.39, 0.29) is 0 Å². The van der Waals surface area contributed by atoms with E-state index in [1.807, 2.05) is 20.8 Å². The van der Waals surface area contributed by atoms with E-state index in [1.54, 1.807) is 7.11 Å². The highest BCUT2D eigenvalue weighted by Crippen LogP contribution is 2.49. The lowest BCUT2D eigenvalue weighted by Crippen LogP contribution is -2.62. The van der Waals surface area contributed by atoms with Crippen LogP contribution in [0.2, 0.25) is 0 Å². The first-order valence-corrected chi connectivity index (χ1v) is 5.90. The summed E-state index contributed by atoms with van der Waals surface area (Å²) in [5.74, 6) is 6.03. The maximum Gasteiger partial charge on any atom is 0.179 e. The number of hydrogen-bond acceptors (Lipinski definition) is 2. The van der Waals surface area contributed by atoms with Crippen molar-refractivity contribution >= 4 is 0 Å². The maximum atomic E-state index is 10.5. The number of rotatable bonds is 3. The summed E-state index contributed by atoms with van der Waals surface area (Å²) in [6, 6.07) is 0. The average Bonchev–Trinajstić information content (AvgIpc) is 2.31. The average molecular weight is 222 g/mol. The Morgan fingerprint density at radius 1 is 1.31 bits per heavy atom. The SMILES string of the molecule is CCCCC#C[C@@]1(O)C(C)=C(C)[C@]1(C)OC. The molecule has 2 heteroatoms. The first-order chi connectivity index (χ1) is 7.44. The Morgan fingerprint density at radius 3 is 2.44 bits per heavy atom. The molecule has 0 aliphatic heterocycles. The van der Waals surface area contributed by atoms with Crippen LogP contribution < -0.4 is 0 Å². The predicted octanol–water partition coefficient (Wildman–Crippen LogP) is 2.67. The summed E-state index contributed by atoms with van der Waals surface area (Å²) in [5.41, 5.74) is 0.277. The third-order valence-electron chi connectivity index (χ3n) is 3.84. The smallest absolute Gasteiger partial charge is 0.179 e. The monoisotopic (exact) mass is 222 g/mol. The van der Waals surface area contributed by atoms with Crippen LogP contribution in [0, 0.1) is 11.8 Å². The Hall–Kier alpha value is -0.780. The summed E-state index contributed by atoms with van der Waals surface area (Å²) in [6.45, 7) is 7.93. The third kappa shape index (κ3) is 1.69. The van der Waals surface area contributed by atoms with Gasteiger partial charge in [0.25, 0.3) is 0 Å². The van der Waals surface area contributed by atoms with Crippen molar-refractivity contribution < 1.29 is 9.84 Å². The van der Waals surface area contributed by atoms with Gasteiger partial charge in [-0.2, -0.15) is 0 Å². The lowest BCUT2D eigenvalue weighted by atomic mass is 9.62. The Bertz CT molecular complexity index is 359. The molecule has 0 spiro atoms. The Balaban J connectivity index is 2.89. The Kier molecular flexibility index (Phi) is 3.83. The van der Waals surface area contributed by atoms with Crippen molar-refractivity contribution in [3.8, 4) is 11.8 Å². The highest BCUT2D eigenvalue weighted by molar-refractivity contribution is 5.53. The van der Waals surface area contributed by atoms with Crippen molar-refractivity contribution in [3.05, 3.63) is 11.1 Å². The van der Waals surface area contributed by atoms with E-state index in [4.69, 9.17) is 4.74 Å². The summed E-state index contributed by atoms with van der Waals surface area (Å²) in [4.78, 5) is 0. The van der Waals surface area contributed by atoms with Crippen molar-refractivity contribution in [1.29, 1.82) is 0 Å².